The van der Waals surface area contributed by atoms with Crippen molar-refractivity contribution in [3.05, 3.63) is 51.0 Å². The van der Waals surface area contributed by atoms with Crippen LogP contribution in [0.15, 0.2) is 24.3 Å². The maximum atomic E-state index is 6.44. The van der Waals surface area contributed by atoms with Crippen LogP contribution in [-0.4, -0.2) is 4.98 Å². The van der Waals surface area contributed by atoms with Crippen LogP contribution in [0.4, 0.5) is 0 Å². The number of nitrogens with zero attached hydrogens (tertiary/aromatic N) is 1. The molecule has 0 radical (unpaired) electrons. The summed E-state index contributed by atoms with van der Waals surface area (Å²) >= 11 is 1.81. The van der Waals surface area contributed by atoms with Gasteiger partial charge in [-0.25, -0.2) is 4.98 Å². The summed E-state index contributed by atoms with van der Waals surface area (Å²) in [4.78, 5) is 6.25. The monoisotopic (exact) mass is 300 g/mol. The van der Waals surface area contributed by atoms with Gasteiger partial charge in [0.05, 0.1) is 11.7 Å². The highest BCUT2D eigenvalue weighted by atomic mass is 32.1. The van der Waals surface area contributed by atoms with Crippen LogP contribution in [0.2, 0.25) is 0 Å². The molecule has 112 valence electrons. The van der Waals surface area contributed by atoms with Gasteiger partial charge in [0, 0.05) is 4.88 Å². The normalized spacial score (nSPS) is 16.6. The second kappa shape index (κ2) is 5.54. The summed E-state index contributed by atoms with van der Waals surface area (Å²) in [6.07, 6.45) is 4.88. The van der Waals surface area contributed by atoms with Crippen LogP contribution in [-0.2, 0) is 18.3 Å². The van der Waals surface area contributed by atoms with Gasteiger partial charge in [-0.1, -0.05) is 45.0 Å². The largest absolute Gasteiger partial charge is 0.318 e. The minimum atomic E-state index is -0.0883. The molecule has 1 atom stereocenters. The predicted octanol–water partition coefficient (Wildman–Crippen LogP) is 4.37. The summed E-state index contributed by atoms with van der Waals surface area (Å²) in [6, 6.07) is 8.62. The first-order chi connectivity index (χ1) is 9.95. The third-order valence-corrected chi connectivity index (χ3v) is 5.50. The van der Waals surface area contributed by atoms with Gasteiger partial charge in [-0.15, -0.1) is 11.3 Å². The van der Waals surface area contributed by atoms with Crippen LogP contribution in [0, 0.1) is 0 Å². The standard InChI is InChI=1S/C18H24N2S/c1-18(2,3)13-10-8-12(9-11-13)16(19)17-20-14-6-4-5-7-15(14)21-17/h8-11,16H,4-7,19H2,1-3H3. The van der Waals surface area contributed by atoms with Crippen molar-refractivity contribution in [3.63, 3.8) is 0 Å². The zero-order valence-electron chi connectivity index (χ0n) is 13.1. The molecule has 1 aromatic heterocycles. The van der Waals surface area contributed by atoms with Crippen molar-refractivity contribution in [2.45, 2.75) is 57.9 Å². The van der Waals surface area contributed by atoms with E-state index in [1.54, 1.807) is 0 Å². The number of rotatable bonds is 2. The maximum absolute atomic E-state index is 6.44. The number of thiazole rings is 1. The molecular weight excluding hydrogens is 276 g/mol. The zero-order valence-corrected chi connectivity index (χ0v) is 14.0. The van der Waals surface area contributed by atoms with Crippen LogP contribution in [0.25, 0.3) is 0 Å². The van der Waals surface area contributed by atoms with Crippen molar-refractivity contribution in [3.8, 4) is 0 Å². The summed E-state index contributed by atoms with van der Waals surface area (Å²) in [6.45, 7) is 6.70. The molecule has 0 saturated carbocycles. The lowest BCUT2D eigenvalue weighted by molar-refractivity contribution is 0.589. The molecule has 0 amide bonds. The Bertz CT molecular complexity index is 596. The molecule has 1 aromatic carbocycles. The second-order valence-corrected chi connectivity index (χ2v) is 8.09. The molecule has 1 aliphatic carbocycles. The van der Waals surface area contributed by atoms with Crippen molar-refractivity contribution in [1.29, 1.82) is 0 Å². The lowest BCUT2D eigenvalue weighted by atomic mass is 9.86. The minimum absolute atomic E-state index is 0.0883. The number of hydrogen-bond acceptors (Lipinski definition) is 3. The first kappa shape index (κ1) is 14.7. The van der Waals surface area contributed by atoms with Gasteiger partial charge in [0.1, 0.15) is 5.01 Å². The number of hydrogen-bond donors (Lipinski definition) is 1. The van der Waals surface area contributed by atoms with Crippen molar-refractivity contribution in [1.82, 2.24) is 4.98 Å². The molecule has 1 aliphatic rings. The van der Waals surface area contributed by atoms with E-state index in [1.165, 1.54) is 35.4 Å². The van der Waals surface area contributed by atoms with Gasteiger partial charge in [0.2, 0.25) is 0 Å². The Labute approximate surface area is 131 Å². The van der Waals surface area contributed by atoms with E-state index >= 15 is 0 Å². The van der Waals surface area contributed by atoms with E-state index in [0.29, 0.717) is 0 Å². The molecule has 3 heteroatoms. The fourth-order valence-electron chi connectivity index (χ4n) is 2.84. The summed E-state index contributed by atoms with van der Waals surface area (Å²) in [7, 11) is 0. The van der Waals surface area contributed by atoms with Gasteiger partial charge in [-0.3, -0.25) is 0 Å². The Morgan fingerprint density at radius 2 is 1.76 bits per heavy atom. The van der Waals surface area contributed by atoms with E-state index < -0.39 is 0 Å². The first-order valence-corrected chi connectivity index (χ1v) is 8.61. The van der Waals surface area contributed by atoms with E-state index in [4.69, 9.17) is 10.7 Å². The summed E-state index contributed by atoms with van der Waals surface area (Å²) in [5, 5.41) is 1.07. The van der Waals surface area contributed by atoms with Crippen LogP contribution in [0.3, 0.4) is 0 Å². The average molecular weight is 300 g/mol. The van der Waals surface area contributed by atoms with E-state index in [1.807, 2.05) is 11.3 Å². The highest BCUT2D eigenvalue weighted by Gasteiger charge is 2.20. The Balaban J connectivity index is 1.84. The van der Waals surface area contributed by atoms with Crippen molar-refractivity contribution >= 4 is 11.3 Å². The summed E-state index contributed by atoms with van der Waals surface area (Å²) in [5.41, 5.74) is 10.4. The van der Waals surface area contributed by atoms with Gasteiger partial charge in [0.25, 0.3) is 0 Å². The molecule has 1 unspecified atom stereocenters. The SMILES string of the molecule is CC(C)(C)c1ccc(C(N)c2nc3c(s2)CCCC3)cc1. The van der Waals surface area contributed by atoms with E-state index in [0.717, 1.165) is 17.0 Å². The molecule has 2 aromatic rings. The number of benzene rings is 1. The summed E-state index contributed by atoms with van der Waals surface area (Å²) in [5.74, 6) is 0. The van der Waals surface area contributed by atoms with Crippen LogP contribution < -0.4 is 5.73 Å². The molecule has 2 N–H and O–H groups in total. The van der Waals surface area contributed by atoms with Crippen molar-refractivity contribution < 1.29 is 0 Å². The zero-order chi connectivity index (χ0) is 15.0. The Hall–Kier alpha value is -1.19. The second-order valence-electron chi connectivity index (χ2n) is 6.98. The smallest absolute Gasteiger partial charge is 0.114 e. The van der Waals surface area contributed by atoms with Gasteiger partial charge < -0.3 is 5.73 Å². The fraction of sp³-hybridized carbons (Fsp3) is 0.500. The predicted molar refractivity (Wildman–Crippen MR) is 89.9 cm³/mol. The Morgan fingerprint density at radius 3 is 2.38 bits per heavy atom. The van der Waals surface area contributed by atoms with Crippen molar-refractivity contribution in [2.24, 2.45) is 5.73 Å². The fourth-order valence-corrected chi connectivity index (χ4v) is 4.02. The lowest BCUT2D eigenvalue weighted by Gasteiger charge is -2.20. The van der Waals surface area contributed by atoms with Crippen molar-refractivity contribution in [2.75, 3.05) is 0 Å². The molecule has 0 bridgehead atoms. The number of aryl methyl sites for hydroxylation is 2. The molecule has 2 nitrogen and oxygen atoms in total. The third-order valence-electron chi connectivity index (χ3n) is 4.26. The highest BCUT2D eigenvalue weighted by molar-refractivity contribution is 7.11. The number of nitrogens with two attached hydrogens (primary N) is 1. The molecule has 21 heavy (non-hydrogen) atoms. The summed E-state index contributed by atoms with van der Waals surface area (Å²) < 4.78 is 0. The molecular formula is C18H24N2S. The number of aromatic nitrogens is 1. The minimum Gasteiger partial charge on any atom is -0.318 e. The average Bonchev–Trinajstić information content (AvgIpc) is 2.89. The van der Waals surface area contributed by atoms with Gasteiger partial charge >= 0.3 is 0 Å². The number of fused-ring (bicyclic) bond motifs is 1. The van der Waals surface area contributed by atoms with E-state index in [-0.39, 0.29) is 11.5 Å². The van der Waals surface area contributed by atoms with E-state index in [9.17, 15) is 0 Å². The Kier molecular flexibility index (Phi) is 3.89. The quantitative estimate of drug-likeness (QED) is 0.894. The highest BCUT2D eigenvalue weighted by Crippen LogP contribution is 2.32. The van der Waals surface area contributed by atoms with Gasteiger partial charge in [-0.05, 0) is 42.2 Å². The molecule has 0 saturated heterocycles. The van der Waals surface area contributed by atoms with Crippen LogP contribution in [0.5, 0.6) is 0 Å². The molecule has 0 aliphatic heterocycles. The Morgan fingerprint density at radius 1 is 1.10 bits per heavy atom. The first-order valence-electron chi connectivity index (χ1n) is 7.79. The van der Waals surface area contributed by atoms with Crippen LogP contribution >= 0.6 is 11.3 Å². The third kappa shape index (κ3) is 3.04. The lowest BCUT2D eigenvalue weighted by Crippen LogP contribution is -2.14. The molecule has 0 fully saturated rings. The van der Waals surface area contributed by atoms with Gasteiger partial charge in [-0.2, -0.15) is 0 Å². The molecule has 0 spiro atoms. The molecule has 3 rings (SSSR count). The van der Waals surface area contributed by atoms with Crippen LogP contribution in [0.1, 0.15) is 66.4 Å². The van der Waals surface area contributed by atoms with E-state index in [2.05, 4.69) is 45.0 Å². The van der Waals surface area contributed by atoms with Gasteiger partial charge in [0.15, 0.2) is 0 Å². The molecule has 1 heterocycles. The maximum Gasteiger partial charge on any atom is 0.114 e. The topological polar surface area (TPSA) is 38.9 Å².